The van der Waals surface area contributed by atoms with Crippen molar-refractivity contribution >= 4 is 23.0 Å². The number of nitrogen functional groups attached to an aromatic ring is 1. The molecule has 17 heavy (non-hydrogen) atoms. The van der Waals surface area contributed by atoms with Crippen molar-refractivity contribution < 1.29 is 4.79 Å². The summed E-state index contributed by atoms with van der Waals surface area (Å²) in [5, 5.41) is 2.83. The smallest absolute Gasteiger partial charge is 0.228 e. The Bertz CT molecular complexity index is 464. The van der Waals surface area contributed by atoms with E-state index in [1.54, 1.807) is 0 Å². The van der Waals surface area contributed by atoms with Gasteiger partial charge in [-0.2, -0.15) is 0 Å². The molecule has 0 atom stereocenters. The number of fused-ring (bicyclic) bond motifs is 1. The average Bonchev–Trinajstić information content (AvgIpc) is 2.68. The van der Waals surface area contributed by atoms with Crippen molar-refractivity contribution in [3.8, 4) is 0 Å². The number of carbonyl (C=O) groups excluding carboxylic acids is 1. The standard InChI is InChI=1S/C13H17N3O/c14-10-8-11-9(7-13(17)15-11)6-12(10)16-4-2-1-3-5-16/h6,8H,1-5,7,14H2,(H,15,17). The number of rotatable bonds is 1. The highest BCUT2D eigenvalue weighted by atomic mass is 16.1. The second-order valence-corrected chi connectivity index (χ2v) is 4.84. The van der Waals surface area contributed by atoms with Gasteiger partial charge in [-0.05, 0) is 37.0 Å². The first-order valence-corrected chi connectivity index (χ1v) is 6.21. The normalized spacial score (nSPS) is 19.1. The van der Waals surface area contributed by atoms with Crippen LogP contribution >= 0.6 is 0 Å². The molecular formula is C13H17N3O. The van der Waals surface area contributed by atoms with Gasteiger partial charge in [0.15, 0.2) is 0 Å². The van der Waals surface area contributed by atoms with E-state index in [2.05, 4.69) is 16.3 Å². The van der Waals surface area contributed by atoms with Crippen LogP contribution in [0.25, 0.3) is 0 Å². The first-order valence-electron chi connectivity index (χ1n) is 6.21. The lowest BCUT2D eigenvalue weighted by Gasteiger charge is -2.30. The number of nitrogens with one attached hydrogen (secondary N) is 1. The molecule has 2 aliphatic rings. The van der Waals surface area contributed by atoms with Crippen molar-refractivity contribution in [1.82, 2.24) is 0 Å². The maximum Gasteiger partial charge on any atom is 0.228 e. The van der Waals surface area contributed by atoms with Gasteiger partial charge in [0.1, 0.15) is 0 Å². The zero-order valence-electron chi connectivity index (χ0n) is 9.83. The first kappa shape index (κ1) is 10.4. The fourth-order valence-electron chi connectivity index (χ4n) is 2.69. The summed E-state index contributed by atoms with van der Waals surface area (Å²) < 4.78 is 0. The predicted octanol–water partition coefficient (Wildman–Crippen LogP) is 1.75. The third-order valence-corrected chi connectivity index (χ3v) is 3.57. The lowest BCUT2D eigenvalue weighted by molar-refractivity contribution is -0.115. The van der Waals surface area contributed by atoms with Crippen molar-refractivity contribution in [3.63, 3.8) is 0 Å². The van der Waals surface area contributed by atoms with Crippen molar-refractivity contribution in [3.05, 3.63) is 17.7 Å². The minimum atomic E-state index is 0.0650. The SMILES string of the molecule is Nc1cc2c(cc1N1CCCCC1)CC(=O)N2. The number of benzene rings is 1. The highest BCUT2D eigenvalue weighted by Gasteiger charge is 2.21. The summed E-state index contributed by atoms with van der Waals surface area (Å²) in [7, 11) is 0. The van der Waals surface area contributed by atoms with Crippen LogP contribution in [0.2, 0.25) is 0 Å². The second-order valence-electron chi connectivity index (χ2n) is 4.84. The summed E-state index contributed by atoms with van der Waals surface area (Å²) in [6.07, 6.45) is 4.25. The molecule has 1 saturated heterocycles. The van der Waals surface area contributed by atoms with E-state index in [1.807, 2.05) is 6.07 Å². The monoisotopic (exact) mass is 231 g/mol. The molecule has 0 bridgehead atoms. The van der Waals surface area contributed by atoms with Crippen molar-refractivity contribution in [2.45, 2.75) is 25.7 Å². The van der Waals surface area contributed by atoms with Crippen molar-refractivity contribution in [2.75, 3.05) is 29.0 Å². The highest BCUT2D eigenvalue weighted by Crippen LogP contribution is 2.34. The molecule has 4 nitrogen and oxygen atoms in total. The van der Waals surface area contributed by atoms with Crippen molar-refractivity contribution in [1.29, 1.82) is 0 Å². The highest BCUT2D eigenvalue weighted by molar-refractivity contribution is 6.00. The topological polar surface area (TPSA) is 58.4 Å². The summed E-state index contributed by atoms with van der Waals surface area (Å²) in [4.78, 5) is 13.7. The van der Waals surface area contributed by atoms with Crippen molar-refractivity contribution in [2.24, 2.45) is 0 Å². The molecule has 1 fully saturated rings. The Morgan fingerprint density at radius 1 is 1.18 bits per heavy atom. The molecule has 0 spiro atoms. The van der Waals surface area contributed by atoms with Gasteiger partial charge in [0.25, 0.3) is 0 Å². The van der Waals surface area contributed by atoms with Gasteiger partial charge in [0, 0.05) is 18.8 Å². The van der Waals surface area contributed by atoms with Gasteiger partial charge in [-0.3, -0.25) is 4.79 Å². The van der Waals surface area contributed by atoms with E-state index in [1.165, 1.54) is 19.3 Å². The van der Waals surface area contributed by atoms with E-state index in [0.29, 0.717) is 6.42 Å². The van der Waals surface area contributed by atoms with E-state index in [0.717, 1.165) is 35.7 Å². The Hall–Kier alpha value is -1.71. The van der Waals surface area contributed by atoms with Crippen LogP contribution in [0, 0.1) is 0 Å². The maximum absolute atomic E-state index is 11.3. The maximum atomic E-state index is 11.3. The number of nitrogens with two attached hydrogens (primary N) is 1. The summed E-state index contributed by atoms with van der Waals surface area (Å²) in [5.41, 5.74) is 9.90. The quantitative estimate of drug-likeness (QED) is 0.724. The fourth-order valence-corrected chi connectivity index (χ4v) is 2.69. The molecule has 1 amide bonds. The molecule has 0 saturated carbocycles. The molecule has 0 aromatic heterocycles. The summed E-state index contributed by atoms with van der Waals surface area (Å²) in [6.45, 7) is 2.15. The zero-order chi connectivity index (χ0) is 11.8. The van der Waals surface area contributed by atoms with Crippen LogP contribution in [0.4, 0.5) is 17.1 Å². The number of carbonyl (C=O) groups is 1. The first-order chi connectivity index (χ1) is 8.24. The molecule has 1 aromatic rings. The fraction of sp³-hybridized carbons (Fsp3) is 0.462. The van der Waals surface area contributed by atoms with Gasteiger partial charge in [0.2, 0.25) is 5.91 Å². The van der Waals surface area contributed by atoms with Crippen LogP contribution in [0.3, 0.4) is 0 Å². The molecule has 90 valence electrons. The number of amides is 1. The van der Waals surface area contributed by atoms with E-state index >= 15 is 0 Å². The molecule has 2 aliphatic heterocycles. The molecule has 3 N–H and O–H groups in total. The van der Waals surface area contributed by atoms with Crippen LogP contribution in [-0.4, -0.2) is 19.0 Å². The van der Waals surface area contributed by atoms with Crippen LogP contribution in [0.1, 0.15) is 24.8 Å². The van der Waals surface area contributed by atoms with Gasteiger partial charge in [0.05, 0.1) is 17.8 Å². The molecular weight excluding hydrogens is 214 g/mol. The number of anilines is 3. The Kier molecular flexibility index (Phi) is 2.42. The minimum absolute atomic E-state index is 0.0650. The Morgan fingerprint density at radius 3 is 2.71 bits per heavy atom. The van der Waals surface area contributed by atoms with E-state index in [9.17, 15) is 4.79 Å². The molecule has 0 aliphatic carbocycles. The minimum Gasteiger partial charge on any atom is -0.397 e. The average molecular weight is 231 g/mol. The largest absolute Gasteiger partial charge is 0.397 e. The summed E-state index contributed by atoms with van der Waals surface area (Å²) in [6, 6.07) is 3.97. The Morgan fingerprint density at radius 2 is 1.94 bits per heavy atom. The molecule has 3 rings (SSSR count). The van der Waals surface area contributed by atoms with Gasteiger partial charge < -0.3 is 16.0 Å². The molecule has 0 unspecified atom stereocenters. The van der Waals surface area contributed by atoms with Gasteiger partial charge >= 0.3 is 0 Å². The van der Waals surface area contributed by atoms with E-state index in [-0.39, 0.29) is 5.91 Å². The van der Waals surface area contributed by atoms with Crippen LogP contribution < -0.4 is 16.0 Å². The lowest BCUT2D eigenvalue weighted by atomic mass is 10.1. The predicted molar refractivity (Wildman–Crippen MR) is 69.3 cm³/mol. The van der Waals surface area contributed by atoms with Gasteiger partial charge in [-0.1, -0.05) is 0 Å². The third-order valence-electron chi connectivity index (χ3n) is 3.57. The lowest BCUT2D eigenvalue weighted by Crippen LogP contribution is -2.30. The Labute approximate surface area is 101 Å². The van der Waals surface area contributed by atoms with E-state index < -0.39 is 0 Å². The molecule has 2 heterocycles. The Balaban J connectivity index is 1.95. The molecule has 1 aromatic carbocycles. The third kappa shape index (κ3) is 1.84. The number of piperidine rings is 1. The number of nitrogens with zero attached hydrogens (tertiary/aromatic N) is 1. The van der Waals surface area contributed by atoms with Gasteiger partial charge in [-0.15, -0.1) is 0 Å². The number of hydrogen-bond acceptors (Lipinski definition) is 3. The number of hydrogen-bond donors (Lipinski definition) is 2. The molecule has 4 heteroatoms. The summed E-state index contributed by atoms with van der Waals surface area (Å²) in [5.74, 6) is 0.0650. The van der Waals surface area contributed by atoms with Crippen LogP contribution in [-0.2, 0) is 11.2 Å². The van der Waals surface area contributed by atoms with Gasteiger partial charge in [-0.25, -0.2) is 0 Å². The zero-order valence-corrected chi connectivity index (χ0v) is 9.83. The summed E-state index contributed by atoms with van der Waals surface area (Å²) >= 11 is 0. The second kappa shape index (κ2) is 3.95. The van der Waals surface area contributed by atoms with Crippen LogP contribution in [0.5, 0.6) is 0 Å². The van der Waals surface area contributed by atoms with E-state index in [4.69, 9.17) is 5.73 Å². The van der Waals surface area contributed by atoms with Crippen LogP contribution in [0.15, 0.2) is 12.1 Å². The molecule has 0 radical (unpaired) electrons.